The molecule has 0 atom stereocenters. The predicted molar refractivity (Wildman–Crippen MR) is 101 cm³/mol. The lowest BCUT2D eigenvalue weighted by atomic mass is 10.1. The van der Waals surface area contributed by atoms with Gasteiger partial charge in [-0.1, -0.05) is 30.3 Å². The average molecular weight is 354 g/mol. The van der Waals surface area contributed by atoms with Crippen LogP contribution in [0.3, 0.4) is 0 Å². The van der Waals surface area contributed by atoms with E-state index in [2.05, 4.69) is 27.2 Å². The Labute approximate surface area is 152 Å². The molecular weight excluding hydrogens is 332 g/mol. The number of hydrogen-bond donors (Lipinski definition) is 1. The average Bonchev–Trinajstić information content (AvgIpc) is 2.69. The van der Waals surface area contributed by atoms with Crippen LogP contribution in [0.5, 0.6) is 0 Å². The number of nitrogens with one attached hydrogen (secondary N) is 1. The number of amides is 1. The van der Waals surface area contributed by atoms with Gasteiger partial charge in [0.1, 0.15) is 5.56 Å². The lowest BCUT2D eigenvalue weighted by Crippen LogP contribution is -2.48. The molecule has 1 aliphatic heterocycles. The van der Waals surface area contributed by atoms with E-state index in [1.807, 2.05) is 18.2 Å². The Morgan fingerprint density at radius 2 is 1.65 bits per heavy atom. The van der Waals surface area contributed by atoms with Crippen LogP contribution in [0.4, 0.5) is 11.4 Å². The number of carbonyl (C=O) groups is 1. The third-order valence-corrected chi connectivity index (χ3v) is 4.55. The van der Waals surface area contributed by atoms with Gasteiger partial charge in [0, 0.05) is 51.0 Å². The molecule has 0 unspecified atom stereocenters. The first-order valence-electron chi connectivity index (χ1n) is 8.69. The Bertz CT molecular complexity index is 758. The maximum atomic E-state index is 12.2. The van der Waals surface area contributed by atoms with Gasteiger partial charge < -0.3 is 10.2 Å². The molecule has 0 radical (unpaired) electrons. The van der Waals surface area contributed by atoms with Gasteiger partial charge in [0.25, 0.3) is 11.6 Å². The van der Waals surface area contributed by atoms with Gasteiger partial charge >= 0.3 is 0 Å². The lowest BCUT2D eigenvalue weighted by molar-refractivity contribution is -0.385. The van der Waals surface area contributed by atoms with E-state index in [0.29, 0.717) is 6.54 Å². The summed E-state index contributed by atoms with van der Waals surface area (Å²) in [5.41, 5.74) is 1.17. The van der Waals surface area contributed by atoms with Crippen LogP contribution in [0, 0.1) is 10.1 Å². The topological polar surface area (TPSA) is 78.7 Å². The van der Waals surface area contributed by atoms with E-state index in [4.69, 9.17) is 0 Å². The molecule has 0 aliphatic carbocycles. The smallest absolute Gasteiger partial charge is 0.282 e. The Balaban J connectivity index is 1.45. The molecule has 0 saturated carbocycles. The SMILES string of the molecule is O=C(NCCN1CCN(c2ccccc2)CC1)c1ccccc1[N+](=O)[O-]. The maximum absolute atomic E-state index is 12.2. The third-order valence-electron chi connectivity index (χ3n) is 4.55. The predicted octanol–water partition coefficient (Wildman–Crippen LogP) is 2.15. The third kappa shape index (κ3) is 4.37. The minimum atomic E-state index is -0.530. The summed E-state index contributed by atoms with van der Waals surface area (Å²) in [5.74, 6) is -0.403. The Hall–Kier alpha value is -2.93. The fraction of sp³-hybridized carbons (Fsp3) is 0.316. The molecule has 2 aromatic carbocycles. The molecule has 3 rings (SSSR count). The lowest BCUT2D eigenvalue weighted by Gasteiger charge is -2.36. The zero-order valence-corrected chi connectivity index (χ0v) is 14.5. The van der Waals surface area contributed by atoms with Crippen LogP contribution in [0.1, 0.15) is 10.4 Å². The first-order chi connectivity index (χ1) is 12.6. The zero-order valence-electron chi connectivity index (χ0n) is 14.5. The summed E-state index contributed by atoms with van der Waals surface area (Å²) in [5, 5.41) is 13.8. The monoisotopic (exact) mass is 354 g/mol. The van der Waals surface area contributed by atoms with Crippen molar-refractivity contribution in [3.63, 3.8) is 0 Å². The molecule has 26 heavy (non-hydrogen) atoms. The zero-order chi connectivity index (χ0) is 18.4. The molecule has 0 aromatic heterocycles. The molecule has 0 spiro atoms. The summed E-state index contributed by atoms with van der Waals surface area (Å²) in [6.45, 7) is 4.95. The summed E-state index contributed by atoms with van der Waals surface area (Å²) in [4.78, 5) is 27.3. The number of rotatable bonds is 6. The fourth-order valence-electron chi connectivity index (χ4n) is 3.12. The summed E-state index contributed by atoms with van der Waals surface area (Å²) in [6.07, 6.45) is 0. The molecule has 1 N–H and O–H groups in total. The summed E-state index contributed by atoms with van der Waals surface area (Å²) in [7, 11) is 0. The maximum Gasteiger partial charge on any atom is 0.282 e. The van der Waals surface area contributed by atoms with Gasteiger partial charge in [-0.3, -0.25) is 19.8 Å². The van der Waals surface area contributed by atoms with Crippen molar-refractivity contribution in [3.05, 3.63) is 70.3 Å². The number of anilines is 1. The second kappa shape index (κ2) is 8.44. The molecule has 1 fully saturated rings. The van der Waals surface area contributed by atoms with Crippen molar-refractivity contribution in [2.24, 2.45) is 0 Å². The summed E-state index contributed by atoms with van der Waals surface area (Å²) < 4.78 is 0. The summed E-state index contributed by atoms with van der Waals surface area (Å²) >= 11 is 0. The van der Waals surface area contributed by atoms with Gasteiger partial charge in [0.05, 0.1) is 4.92 Å². The standard InChI is InChI=1S/C19H22N4O3/c24-19(17-8-4-5-9-18(17)23(25)26)20-10-11-21-12-14-22(15-13-21)16-6-2-1-3-7-16/h1-9H,10-15H2,(H,20,24). The molecule has 136 valence electrons. The van der Waals surface area contributed by atoms with E-state index < -0.39 is 10.8 Å². The van der Waals surface area contributed by atoms with Crippen molar-refractivity contribution in [2.75, 3.05) is 44.2 Å². The van der Waals surface area contributed by atoms with Gasteiger partial charge in [0.2, 0.25) is 0 Å². The molecule has 0 bridgehead atoms. The van der Waals surface area contributed by atoms with Crippen LogP contribution in [-0.4, -0.2) is 55.0 Å². The molecule has 2 aromatic rings. The number of hydrogen-bond acceptors (Lipinski definition) is 5. The van der Waals surface area contributed by atoms with Crippen molar-refractivity contribution in [1.82, 2.24) is 10.2 Å². The highest BCUT2D eigenvalue weighted by molar-refractivity contribution is 5.98. The highest BCUT2D eigenvalue weighted by Crippen LogP contribution is 2.17. The van der Waals surface area contributed by atoms with E-state index in [1.165, 1.54) is 17.8 Å². The number of piperazine rings is 1. The number of nitro groups is 1. The van der Waals surface area contributed by atoms with Crippen LogP contribution in [0.15, 0.2) is 54.6 Å². The van der Waals surface area contributed by atoms with Crippen LogP contribution in [0.25, 0.3) is 0 Å². The molecule has 7 nitrogen and oxygen atoms in total. The second-order valence-electron chi connectivity index (χ2n) is 6.19. The van der Waals surface area contributed by atoms with Gasteiger partial charge in [-0.2, -0.15) is 0 Å². The molecular formula is C19H22N4O3. The van der Waals surface area contributed by atoms with Gasteiger partial charge in [-0.25, -0.2) is 0 Å². The molecule has 1 saturated heterocycles. The van der Waals surface area contributed by atoms with Gasteiger partial charge in [0.15, 0.2) is 0 Å². The minimum absolute atomic E-state index is 0.103. The van der Waals surface area contributed by atoms with Crippen molar-refractivity contribution < 1.29 is 9.72 Å². The van der Waals surface area contributed by atoms with Crippen LogP contribution in [-0.2, 0) is 0 Å². The van der Waals surface area contributed by atoms with E-state index in [1.54, 1.807) is 12.1 Å². The number of para-hydroxylation sites is 2. The highest BCUT2D eigenvalue weighted by Gasteiger charge is 2.20. The van der Waals surface area contributed by atoms with Crippen LogP contribution in [0.2, 0.25) is 0 Å². The Kier molecular flexibility index (Phi) is 5.80. The van der Waals surface area contributed by atoms with E-state index in [-0.39, 0.29) is 11.3 Å². The quantitative estimate of drug-likeness (QED) is 0.635. The Morgan fingerprint density at radius 1 is 1.00 bits per heavy atom. The fourth-order valence-corrected chi connectivity index (χ4v) is 3.12. The Morgan fingerprint density at radius 3 is 2.35 bits per heavy atom. The number of nitrogens with zero attached hydrogens (tertiary/aromatic N) is 3. The van der Waals surface area contributed by atoms with Crippen LogP contribution < -0.4 is 10.2 Å². The van der Waals surface area contributed by atoms with Gasteiger partial charge in [-0.15, -0.1) is 0 Å². The normalized spacial score (nSPS) is 14.8. The summed E-state index contributed by atoms with van der Waals surface area (Å²) in [6, 6.07) is 16.3. The van der Waals surface area contributed by atoms with E-state index >= 15 is 0 Å². The largest absolute Gasteiger partial charge is 0.369 e. The number of carbonyl (C=O) groups excluding carboxylic acids is 1. The molecule has 1 amide bonds. The van der Waals surface area contributed by atoms with Crippen molar-refractivity contribution in [3.8, 4) is 0 Å². The number of nitro benzene ring substituents is 1. The molecule has 1 aliphatic rings. The van der Waals surface area contributed by atoms with Crippen LogP contribution >= 0.6 is 0 Å². The first kappa shape index (κ1) is 17.9. The first-order valence-corrected chi connectivity index (χ1v) is 8.69. The van der Waals surface area contributed by atoms with Crippen molar-refractivity contribution in [1.29, 1.82) is 0 Å². The molecule has 7 heteroatoms. The van der Waals surface area contributed by atoms with Crippen molar-refractivity contribution in [2.45, 2.75) is 0 Å². The molecule has 1 heterocycles. The van der Waals surface area contributed by atoms with E-state index in [0.717, 1.165) is 32.7 Å². The van der Waals surface area contributed by atoms with Gasteiger partial charge in [-0.05, 0) is 18.2 Å². The second-order valence-corrected chi connectivity index (χ2v) is 6.19. The number of benzene rings is 2. The van der Waals surface area contributed by atoms with Crippen molar-refractivity contribution >= 4 is 17.3 Å². The minimum Gasteiger partial charge on any atom is -0.369 e. The van der Waals surface area contributed by atoms with E-state index in [9.17, 15) is 14.9 Å². The highest BCUT2D eigenvalue weighted by atomic mass is 16.6.